The second-order valence-electron chi connectivity index (χ2n) is 2.76. The molecule has 0 aromatic carbocycles. The molecule has 6 nitrogen and oxygen atoms in total. The van der Waals surface area contributed by atoms with Crippen LogP contribution in [0.15, 0.2) is 6.33 Å². The fourth-order valence-electron chi connectivity index (χ4n) is 0.762. The monoisotopic (exact) mass is 278 g/mol. The van der Waals surface area contributed by atoms with E-state index in [1.54, 1.807) is 0 Å². The van der Waals surface area contributed by atoms with Gasteiger partial charge in [-0.1, -0.05) is 22.4 Å². The smallest absolute Gasteiger partial charge is 0.303 e. The number of aromatic amines is 1. The molecule has 0 atom stereocenters. The van der Waals surface area contributed by atoms with Gasteiger partial charge >= 0.3 is 5.97 Å². The SMILES string of the molecule is Nc1ncn[nH]1.O=C(O)CCCCCBr. The molecule has 7 heteroatoms. The maximum atomic E-state index is 9.95. The lowest BCUT2D eigenvalue weighted by Gasteiger charge is -1.92. The maximum Gasteiger partial charge on any atom is 0.303 e. The topological polar surface area (TPSA) is 105 Å². The Morgan fingerprint density at radius 1 is 1.53 bits per heavy atom. The van der Waals surface area contributed by atoms with Crippen molar-refractivity contribution in [1.82, 2.24) is 15.2 Å². The number of carbonyl (C=O) groups is 1. The zero-order valence-electron chi connectivity index (χ0n) is 8.32. The number of nitrogen functional groups attached to an aromatic ring is 1. The van der Waals surface area contributed by atoms with Crippen LogP contribution >= 0.6 is 15.9 Å². The number of aromatic nitrogens is 3. The van der Waals surface area contributed by atoms with E-state index >= 15 is 0 Å². The van der Waals surface area contributed by atoms with Crippen LogP contribution in [0.5, 0.6) is 0 Å². The Balaban J connectivity index is 0.000000280. The second-order valence-corrected chi connectivity index (χ2v) is 3.56. The van der Waals surface area contributed by atoms with Gasteiger partial charge in [0.2, 0.25) is 5.95 Å². The van der Waals surface area contributed by atoms with Crippen LogP contribution in [-0.4, -0.2) is 31.6 Å². The van der Waals surface area contributed by atoms with Gasteiger partial charge in [-0.05, 0) is 12.8 Å². The van der Waals surface area contributed by atoms with Crippen molar-refractivity contribution in [3.8, 4) is 0 Å². The molecule has 0 radical (unpaired) electrons. The molecule has 1 aromatic rings. The molecule has 0 aliphatic rings. The van der Waals surface area contributed by atoms with Crippen molar-refractivity contribution in [2.45, 2.75) is 25.7 Å². The third-order valence-electron chi connectivity index (χ3n) is 1.46. The number of carboxylic acids is 1. The lowest BCUT2D eigenvalue weighted by atomic mass is 10.2. The highest BCUT2D eigenvalue weighted by molar-refractivity contribution is 9.09. The number of hydrogen-bond acceptors (Lipinski definition) is 4. The van der Waals surface area contributed by atoms with Crippen LogP contribution in [0.3, 0.4) is 0 Å². The van der Waals surface area contributed by atoms with Gasteiger partial charge in [-0.3, -0.25) is 4.79 Å². The minimum Gasteiger partial charge on any atom is -0.481 e. The first-order valence-corrected chi connectivity index (χ1v) is 5.67. The zero-order chi connectivity index (χ0) is 11.5. The lowest BCUT2D eigenvalue weighted by molar-refractivity contribution is -0.137. The Bertz CT molecular complexity index is 253. The summed E-state index contributed by atoms with van der Waals surface area (Å²) in [4.78, 5) is 13.5. The molecule has 0 fully saturated rings. The molecule has 0 amide bonds. The number of nitrogens with two attached hydrogens (primary N) is 1. The van der Waals surface area contributed by atoms with E-state index in [1.807, 2.05) is 0 Å². The summed E-state index contributed by atoms with van der Waals surface area (Å²) in [6, 6.07) is 0. The number of rotatable bonds is 5. The molecule has 0 aliphatic heterocycles. The zero-order valence-corrected chi connectivity index (χ0v) is 9.90. The van der Waals surface area contributed by atoms with Crippen LogP contribution < -0.4 is 5.73 Å². The average molecular weight is 279 g/mol. The number of halogens is 1. The minimum absolute atomic E-state index is 0.312. The number of unbranched alkanes of at least 4 members (excludes halogenated alkanes) is 2. The maximum absolute atomic E-state index is 9.95. The van der Waals surface area contributed by atoms with E-state index in [1.165, 1.54) is 6.33 Å². The van der Waals surface area contributed by atoms with Crippen molar-refractivity contribution in [1.29, 1.82) is 0 Å². The molecule has 0 spiro atoms. The highest BCUT2D eigenvalue weighted by atomic mass is 79.9. The molecule has 0 saturated carbocycles. The van der Waals surface area contributed by atoms with Crippen molar-refractivity contribution in [2.75, 3.05) is 11.1 Å². The number of hydrogen-bond donors (Lipinski definition) is 3. The Morgan fingerprint density at radius 2 is 2.27 bits per heavy atom. The molecule has 1 aromatic heterocycles. The van der Waals surface area contributed by atoms with E-state index in [9.17, 15) is 4.79 Å². The number of nitrogens with zero attached hydrogens (tertiary/aromatic N) is 2. The Hall–Kier alpha value is -1.11. The van der Waals surface area contributed by atoms with Crippen LogP contribution in [-0.2, 0) is 4.79 Å². The standard InChI is InChI=1S/C6H11BrO2.C2H4N4/c7-5-3-1-2-4-6(8)9;3-2-4-1-5-6-2/h1-5H2,(H,8,9);1H,(H3,3,4,5,6). The summed E-state index contributed by atoms with van der Waals surface area (Å²) < 4.78 is 0. The van der Waals surface area contributed by atoms with E-state index in [0.29, 0.717) is 12.4 Å². The summed E-state index contributed by atoms with van der Waals surface area (Å²) in [6.07, 6.45) is 4.56. The molecule has 0 aliphatic carbocycles. The summed E-state index contributed by atoms with van der Waals surface area (Å²) >= 11 is 3.27. The van der Waals surface area contributed by atoms with Crippen molar-refractivity contribution in [3.63, 3.8) is 0 Å². The molecule has 0 bridgehead atoms. The van der Waals surface area contributed by atoms with Crippen molar-refractivity contribution in [2.24, 2.45) is 0 Å². The highest BCUT2D eigenvalue weighted by Crippen LogP contribution is 2.01. The van der Waals surface area contributed by atoms with Crippen LogP contribution in [0.4, 0.5) is 5.95 Å². The van der Waals surface area contributed by atoms with Gasteiger partial charge in [0.1, 0.15) is 6.33 Å². The Kier molecular flexibility index (Phi) is 8.75. The summed E-state index contributed by atoms with van der Waals surface area (Å²) in [5.74, 6) is -0.334. The van der Waals surface area contributed by atoms with Gasteiger partial charge in [-0.25, -0.2) is 10.1 Å². The van der Waals surface area contributed by atoms with Gasteiger partial charge in [-0.15, -0.1) is 0 Å². The highest BCUT2D eigenvalue weighted by Gasteiger charge is 1.94. The molecule has 0 unspecified atom stereocenters. The predicted molar refractivity (Wildman–Crippen MR) is 60.7 cm³/mol. The number of alkyl halides is 1. The Labute approximate surface area is 96.4 Å². The van der Waals surface area contributed by atoms with Gasteiger partial charge in [-0.2, -0.15) is 5.10 Å². The van der Waals surface area contributed by atoms with Crippen molar-refractivity contribution in [3.05, 3.63) is 6.33 Å². The molecule has 4 N–H and O–H groups in total. The third kappa shape index (κ3) is 10.8. The molecule has 1 rings (SSSR count). The molecular weight excluding hydrogens is 264 g/mol. The predicted octanol–water partition coefficient (Wildman–Crippen LogP) is 1.41. The Morgan fingerprint density at radius 3 is 2.60 bits per heavy atom. The van der Waals surface area contributed by atoms with E-state index in [0.717, 1.165) is 24.6 Å². The molecule has 86 valence electrons. The lowest BCUT2D eigenvalue weighted by Crippen LogP contribution is -1.93. The molecule has 1 heterocycles. The molecular formula is C8H15BrN4O2. The van der Waals surface area contributed by atoms with Crippen molar-refractivity contribution < 1.29 is 9.90 Å². The van der Waals surface area contributed by atoms with E-state index in [-0.39, 0.29) is 0 Å². The molecule has 15 heavy (non-hydrogen) atoms. The van der Waals surface area contributed by atoms with E-state index in [4.69, 9.17) is 10.8 Å². The van der Waals surface area contributed by atoms with Crippen LogP contribution in [0.1, 0.15) is 25.7 Å². The van der Waals surface area contributed by atoms with E-state index in [2.05, 4.69) is 31.1 Å². The summed E-state index contributed by atoms with van der Waals surface area (Å²) in [5.41, 5.74) is 5.05. The fourth-order valence-corrected chi connectivity index (χ4v) is 1.16. The summed E-state index contributed by atoms with van der Waals surface area (Å²) in [7, 11) is 0. The minimum atomic E-state index is -0.690. The van der Waals surface area contributed by atoms with Crippen LogP contribution in [0.2, 0.25) is 0 Å². The number of aliphatic carboxylic acids is 1. The first-order chi connectivity index (χ1) is 7.16. The van der Waals surface area contributed by atoms with Crippen molar-refractivity contribution >= 4 is 27.8 Å². The first kappa shape index (κ1) is 13.9. The average Bonchev–Trinajstić information content (AvgIpc) is 2.65. The normalized spacial score (nSPS) is 9.13. The molecule has 0 saturated heterocycles. The van der Waals surface area contributed by atoms with Gasteiger partial charge in [0, 0.05) is 11.8 Å². The third-order valence-corrected chi connectivity index (χ3v) is 2.02. The van der Waals surface area contributed by atoms with Crippen LogP contribution in [0, 0.1) is 0 Å². The fraction of sp³-hybridized carbons (Fsp3) is 0.625. The largest absolute Gasteiger partial charge is 0.481 e. The second kappa shape index (κ2) is 9.45. The number of nitrogens with one attached hydrogen (secondary N) is 1. The van der Waals surface area contributed by atoms with E-state index < -0.39 is 5.97 Å². The van der Waals surface area contributed by atoms with Crippen LogP contribution in [0.25, 0.3) is 0 Å². The first-order valence-electron chi connectivity index (χ1n) is 4.55. The summed E-state index contributed by atoms with van der Waals surface area (Å²) in [5, 5.41) is 15.1. The number of H-pyrrole nitrogens is 1. The van der Waals surface area contributed by atoms with Gasteiger partial charge in [0.15, 0.2) is 0 Å². The number of anilines is 1. The van der Waals surface area contributed by atoms with Gasteiger partial charge < -0.3 is 10.8 Å². The number of carboxylic acid groups (broad SMARTS) is 1. The van der Waals surface area contributed by atoms with Gasteiger partial charge in [0.25, 0.3) is 0 Å². The quantitative estimate of drug-likeness (QED) is 0.558. The summed E-state index contributed by atoms with van der Waals surface area (Å²) in [6.45, 7) is 0. The van der Waals surface area contributed by atoms with Gasteiger partial charge in [0.05, 0.1) is 0 Å².